The number of alkyl halides is 3. The van der Waals surface area contributed by atoms with Gasteiger partial charge in [-0.3, -0.25) is 0 Å². The maximum Gasteiger partial charge on any atom is 0.420 e. The van der Waals surface area contributed by atoms with Crippen molar-refractivity contribution in [3.8, 4) is 23.0 Å². The van der Waals surface area contributed by atoms with Crippen LogP contribution in [0.15, 0.2) is 73.3 Å². The molecule has 8 nitrogen and oxygen atoms in total. The van der Waals surface area contributed by atoms with Gasteiger partial charge in [0, 0.05) is 6.08 Å². The van der Waals surface area contributed by atoms with Crippen LogP contribution in [0.1, 0.15) is 44.7 Å². The molecule has 0 atom stereocenters. The number of halogens is 3. The summed E-state index contributed by atoms with van der Waals surface area (Å²) < 4.78 is 67.5. The Morgan fingerprint density at radius 3 is 2.05 bits per heavy atom. The second-order valence-corrected chi connectivity index (χ2v) is 8.59. The molecule has 0 heterocycles. The first kappa shape index (κ1) is 30.7. The fourth-order valence-electron chi connectivity index (χ4n) is 3.43. The van der Waals surface area contributed by atoms with E-state index in [-0.39, 0.29) is 35.8 Å². The van der Waals surface area contributed by atoms with Gasteiger partial charge < -0.3 is 23.7 Å². The number of carbonyl (C=O) groups excluding carboxylic acids is 3. The fraction of sp³-hybridized carbons (Fsp3) is 0.233. The minimum atomic E-state index is -4.94. The topological polar surface area (TPSA) is 97.4 Å². The third-order valence-electron chi connectivity index (χ3n) is 5.56. The van der Waals surface area contributed by atoms with Gasteiger partial charge in [-0.2, -0.15) is 13.2 Å². The summed E-state index contributed by atoms with van der Waals surface area (Å²) in [5.41, 5.74) is -0.882. The molecule has 3 aromatic rings. The lowest BCUT2D eigenvalue weighted by Gasteiger charge is -2.15. The Kier molecular flexibility index (Phi) is 10.5. The zero-order valence-corrected chi connectivity index (χ0v) is 22.3. The molecule has 0 aliphatic heterocycles. The lowest BCUT2D eigenvalue weighted by Crippen LogP contribution is -2.16. The van der Waals surface area contributed by atoms with Crippen LogP contribution in [0.3, 0.4) is 0 Å². The van der Waals surface area contributed by atoms with Crippen molar-refractivity contribution in [3.05, 3.63) is 95.6 Å². The average Bonchev–Trinajstić information content (AvgIpc) is 2.95. The predicted molar refractivity (Wildman–Crippen MR) is 141 cm³/mol. The van der Waals surface area contributed by atoms with E-state index in [1.807, 2.05) is 6.92 Å². The van der Waals surface area contributed by atoms with Gasteiger partial charge in [0.1, 0.15) is 11.5 Å². The van der Waals surface area contributed by atoms with E-state index in [0.29, 0.717) is 24.7 Å². The van der Waals surface area contributed by atoms with E-state index in [9.17, 15) is 27.6 Å². The number of aryl methyl sites for hydroxylation is 1. The Morgan fingerprint density at radius 1 is 0.805 bits per heavy atom. The highest BCUT2D eigenvalue weighted by Crippen LogP contribution is 2.38. The summed E-state index contributed by atoms with van der Waals surface area (Å²) >= 11 is 0. The van der Waals surface area contributed by atoms with Gasteiger partial charge in [-0.25, -0.2) is 14.4 Å². The Bertz CT molecular complexity index is 1400. The molecular formula is C30H27F3O8. The van der Waals surface area contributed by atoms with Gasteiger partial charge in [0.2, 0.25) is 0 Å². The van der Waals surface area contributed by atoms with Gasteiger partial charge in [-0.15, -0.1) is 0 Å². The second kappa shape index (κ2) is 14.0. The average molecular weight is 573 g/mol. The van der Waals surface area contributed by atoms with Crippen LogP contribution in [0.2, 0.25) is 0 Å². The normalized spacial score (nSPS) is 10.9. The van der Waals surface area contributed by atoms with Crippen molar-refractivity contribution in [1.29, 1.82) is 0 Å². The van der Waals surface area contributed by atoms with Crippen molar-refractivity contribution in [2.45, 2.75) is 25.9 Å². The van der Waals surface area contributed by atoms with Crippen molar-refractivity contribution in [3.63, 3.8) is 0 Å². The molecule has 0 saturated heterocycles. The molecule has 0 aliphatic rings. The second-order valence-electron chi connectivity index (χ2n) is 8.59. The van der Waals surface area contributed by atoms with Gasteiger partial charge in [0.25, 0.3) is 0 Å². The summed E-state index contributed by atoms with van der Waals surface area (Å²) in [7, 11) is 1.34. The summed E-state index contributed by atoms with van der Waals surface area (Å²) in [4.78, 5) is 36.2. The molecule has 216 valence electrons. The van der Waals surface area contributed by atoms with Crippen molar-refractivity contribution in [2.24, 2.45) is 0 Å². The number of unbranched alkanes of at least 4 members (excludes halogenated alkanes) is 1. The number of esters is 3. The van der Waals surface area contributed by atoms with E-state index >= 15 is 0 Å². The smallest absolute Gasteiger partial charge is 0.420 e. The molecule has 0 radical (unpaired) electrons. The Hall–Kier alpha value is -4.80. The van der Waals surface area contributed by atoms with E-state index in [1.54, 1.807) is 12.1 Å². The molecule has 0 unspecified atom stereocenters. The van der Waals surface area contributed by atoms with Crippen molar-refractivity contribution in [2.75, 3.05) is 20.3 Å². The molecule has 0 saturated carbocycles. The first-order chi connectivity index (χ1) is 19.5. The fourth-order valence-corrected chi connectivity index (χ4v) is 3.43. The minimum absolute atomic E-state index is 0.0958. The van der Waals surface area contributed by atoms with Crippen molar-refractivity contribution < 1.29 is 51.2 Å². The molecule has 3 aromatic carbocycles. The molecule has 0 aromatic heterocycles. The van der Waals surface area contributed by atoms with Gasteiger partial charge >= 0.3 is 24.1 Å². The molecule has 0 N–H and O–H groups in total. The number of carbonyl (C=O) groups is 3. The van der Waals surface area contributed by atoms with E-state index in [0.717, 1.165) is 23.8 Å². The third kappa shape index (κ3) is 8.85. The lowest BCUT2D eigenvalue weighted by molar-refractivity contribution is -0.139. The highest BCUT2D eigenvalue weighted by Gasteiger charge is 2.36. The molecule has 3 rings (SSSR count). The van der Waals surface area contributed by atoms with Gasteiger partial charge in [-0.05, 0) is 68.3 Å². The van der Waals surface area contributed by atoms with Gasteiger partial charge in [-0.1, -0.05) is 24.3 Å². The first-order valence-electron chi connectivity index (χ1n) is 12.3. The molecule has 0 amide bonds. The number of methoxy groups -OCH3 is 1. The van der Waals surface area contributed by atoms with Crippen LogP contribution in [-0.2, 0) is 15.7 Å². The highest BCUT2D eigenvalue weighted by atomic mass is 19.4. The zero-order valence-electron chi connectivity index (χ0n) is 22.3. The summed E-state index contributed by atoms with van der Waals surface area (Å²) in [5.74, 6) is -2.78. The van der Waals surface area contributed by atoms with Gasteiger partial charge in [0.15, 0.2) is 11.5 Å². The third-order valence-corrected chi connectivity index (χ3v) is 5.56. The van der Waals surface area contributed by atoms with Crippen LogP contribution in [0, 0.1) is 6.92 Å². The Morgan fingerprint density at radius 2 is 1.41 bits per heavy atom. The van der Waals surface area contributed by atoms with E-state index in [4.69, 9.17) is 23.7 Å². The molecular weight excluding hydrogens is 545 g/mol. The summed E-state index contributed by atoms with van der Waals surface area (Å²) in [6, 6.07) is 12.9. The molecule has 0 bridgehead atoms. The molecule has 0 spiro atoms. The maximum atomic E-state index is 13.8. The number of rotatable bonds is 12. The van der Waals surface area contributed by atoms with Crippen LogP contribution in [-0.4, -0.2) is 38.2 Å². The molecule has 41 heavy (non-hydrogen) atoms. The summed E-state index contributed by atoms with van der Waals surface area (Å²) in [5, 5.41) is 0. The first-order valence-corrected chi connectivity index (χ1v) is 12.3. The quantitative estimate of drug-likeness (QED) is 0.107. The van der Waals surface area contributed by atoms with Crippen LogP contribution in [0.5, 0.6) is 23.0 Å². The lowest BCUT2D eigenvalue weighted by atomic mass is 10.1. The van der Waals surface area contributed by atoms with Crippen LogP contribution >= 0.6 is 0 Å². The number of benzene rings is 3. The van der Waals surface area contributed by atoms with Crippen LogP contribution in [0.4, 0.5) is 13.2 Å². The largest absolute Gasteiger partial charge is 0.493 e. The minimum Gasteiger partial charge on any atom is -0.493 e. The maximum absolute atomic E-state index is 13.8. The van der Waals surface area contributed by atoms with E-state index < -0.39 is 35.4 Å². The van der Waals surface area contributed by atoms with Crippen LogP contribution < -0.4 is 18.9 Å². The predicted octanol–water partition coefficient (Wildman–Crippen LogP) is 6.35. The Labute approximate surface area is 234 Å². The van der Waals surface area contributed by atoms with E-state index in [1.165, 1.54) is 37.4 Å². The number of hydrogen-bond donors (Lipinski definition) is 0. The number of ether oxygens (including phenoxy) is 5. The molecule has 0 aliphatic carbocycles. The molecule has 11 heteroatoms. The highest BCUT2D eigenvalue weighted by molar-refractivity contribution is 5.93. The SMILES string of the molecule is C=CC(=O)OCCCCOc1ccc(C(=O)Oc2ccc(C(=O)Oc3ccc(C)cc3)cc2C(F)(F)F)cc1OC. The summed E-state index contributed by atoms with van der Waals surface area (Å²) in [6.07, 6.45) is -2.78. The summed E-state index contributed by atoms with van der Waals surface area (Å²) in [6.45, 7) is 5.58. The molecule has 0 fully saturated rings. The van der Waals surface area contributed by atoms with Crippen molar-refractivity contribution >= 4 is 17.9 Å². The van der Waals surface area contributed by atoms with Crippen molar-refractivity contribution in [1.82, 2.24) is 0 Å². The van der Waals surface area contributed by atoms with Crippen LogP contribution in [0.25, 0.3) is 0 Å². The van der Waals surface area contributed by atoms with Gasteiger partial charge in [0.05, 0.1) is 37.0 Å². The number of hydrogen-bond acceptors (Lipinski definition) is 8. The Balaban J connectivity index is 1.69. The standard InChI is InChI=1S/C30H27F3O8/c1-4-27(34)39-16-6-5-15-38-25-14-10-21(18-26(25)37-3)29(36)41-24-13-9-20(17-23(24)30(31,32)33)28(35)40-22-11-7-19(2)8-12-22/h4,7-14,17-18H,1,5-6,15-16H2,2-3H3. The zero-order chi connectivity index (χ0) is 30.0. The van der Waals surface area contributed by atoms with E-state index in [2.05, 4.69) is 6.58 Å². The monoisotopic (exact) mass is 572 g/mol.